The molecule has 0 radical (unpaired) electrons. The number of alkyl carbamates (subject to hydrolysis) is 1. The van der Waals surface area contributed by atoms with Crippen molar-refractivity contribution in [3.63, 3.8) is 0 Å². The minimum absolute atomic E-state index is 0.0443. The van der Waals surface area contributed by atoms with E-state index in [0.29, 0.717) is 11.3 Å². The molecule has 2 unspecified atom stereocenters. The largest absolute Gasteiger partial charge is 0.449 e. The van der Waals surface area contributed by atoms with Crippen LogP contribution in [0.5, 0.6) is 0 Å². The number of carbonyl (C=O) groups excluding carboxylic acids is 1. The smallest absolute Gasteiger partial charge is 0.407 e. The molecule has 6 nitrogen and oxygen atoms in total. The number of amides is 1. The van der Waals surface area contributed by atoms with Crippen LogP contribution in [-0.4, -0.2) is 40.7 Å². The first-order valence-electron chi connectivity index (χ1n) is 10.2. The molecule has 0 saturated heterocycles. The van der Waals surface area contributed by atoms with Crippen LogP contribution in [0.4, 0.5) is 10.5 Å². The average molecular weight is 447 g/mol. The molecule has 0 fully saturated rings. The Hall–Kier alpha value is -3.35. The van der Waals surface area contributed by atoms with Crippen molar-refractivity contribution in [1.29, 1.82) is 0 Å². The van der Waals surface area contributed by atoms with Crippen molar-refractivity contribution in [3.8, 4) is 11.1 Å². The maximum Gasteiger partial charge on any atom is 0.407 e. The topological polar surface area (TPSA) is 91.2 Å². The molecule has 1 amide bonds. The number of aliphatic imine (C=N–C) groups is 1. The van der Waals surface area contributed by atoms with Gasteiger partial charge in [0.2, 0.25) is 0 Å². The number of aliphatic hydroxyl groups is 2. The predicted octanol–water partition coefficient (Wildman–Crippen LogP) is 4.35. The highest BCUT2D eigenvalue weighted by Crippen LogP contribution is 2.44. The number of hydrogen-bond donors (Lipinski definition) is 3. The van der Waals surface area contributed by atoms with Gasteiger partial charge in [-0.3, -0.25) is 0 Å². The summed E-state index contributed by atoms with van der Waals surface area (Å²) < 4.78 is 5.45. The molecular formula is C25H22N2O4S. The minimum Gasteiger partial charge on any atom is -0.449 e. The van der Waals surface area contributed by atoms with Crippen molar-refractivity contribution in [1.82, 2.24) is 5.32 Å². The van der Waals surface area contributed by atoms with Crippen LogP contribution in [-0.2, 0) is 4.74 Å². The first kappa shape index (κ1) is 21.9. The summed E-state index contributed by atoms with van der Waals surface area (Å²) in [7, 11) is 0. The summed E-state index contributed by atoms with van der Waals surface area (Å²) in [6, 6.07) is 22.8. The van der Waals surface area contributed by atoms with Crippen molar-refractivity contribution in [2.75, 3.05) is 13.2 Å². The van der Waals surface area contributed by atoms with Crippen molar-refractivity contribution in [2.24, 2.45) is 4.99 Å². The highest BCUT2D eigenvalue weighted by Gasteiger charge is 2.29. The van der Waals surface area contributed by atoms with Crippen LogP contribution in [0.2, 0.25) is 0 Å². The lowest BCUT2D eigenvalue weighted by Gasteiger charge is -2.19. The van der Waals surface area contributed by atoms with Gasteiger partial charge in [-0.05, 0) is 52.2 Å². The molecule has 0 spiro atoms. The normalized spacial score (nSPS) is 13.9. The lowest BCUT2D eigenvalue weighted by molar-refractivity contribution is 0.0185. The lowest BCUT2D eigenvalue weighted by atomic mass is 9.98. The molecule has 0 bridgehead atoms. The number of isothiocyanates is 1. The van der Waals surface area contributed by atoms with Crippen LogP contribution in [0, 0.1) is 0 Å². The molecule has 3 aromatic carbocycles. The van der Waals surface area contributed by atoms with Crippen LogP contribution in [0.25, 0.3) is 11.1 Å². The van der Waals surface area contributed by atoms with E-state index in [2.05, 4.69) is 39.8 Å². The van der Waals surface area contributed by atoms with Crippen LogP contribution in [0.1, 0.15) is 28.7 Å². The number of aliphatic hydroxyl groups excluding tert-OH is 2. The van der Waals surface area contributed by atoms with E-state index in [-0.39, 0.29) is 19.1 Å². The number of carbonyl (C=O) groups is 1. The number of benzene rings is 3. The van der Waals surface area contributed by atoms with Crippen molar-refractivity contribution >= 4 is 29.2 Å². The molecule has 4 rings (SSSR count). The molecule has 0 aliphatic heterocycles. The number of rotatable bonds is 7. The highest BCUT2D eigenvalue weighted by molar-refractivity contribution is 7.78. The van der Waals surface area contributed by atoms with Gasteiger partial charge in [-0.15, -0.1) is 0 Å². The second kappa shape index (κ2) is 9.85. The molecule has 2 atom stereocenters. The summed E-state index contributed by atoms with van der Waals surface area (Å²) in [6.07, 6.45) is -3.02. The van der Waals surface area contributed by atoms with Crippen molar-refractivity contribution in [2.45, 2.75) is 18.1 Å². The zero-order valence-electron chi connectivity index (χ0n) is 17.1. The standard InChI is InChI=1S/C25H22N2O4S/c28-23(24(29)16-9-11-17(12-10-16)27-15-32)13-26-25(30)31-14-22-20-7-3-1-5-18(20)19-6-2-4-8-21(19)22/h1-12,22-24,28-29H,13-14H2,(H,26,30). The Labute approximate surface area is 191 Å². The summed E-state index contributed by atoms with van der Waals surface area (Å²) in [5, 5.41) is 25.4. The van der Waals surface area contributed by atoms with Gasteiger partial charge in [-0.2, -0.15) is 4.99 Å². The number of nitrogens with zero attached hydrogens (tertiary/aromatic N) is 1. The molecule has 7 heteroatoms. The number of ether oxygens (including phenoxy) is 1. The molecule has 0 heterocycles. The van der Waals surface area contributed by atoms with Gasteiger partial charge in [-0.25, -0.2) is 4.79 Å². The van der Waals surface area contributed by atoms with Crippen LogP contribution in [0.3, 0.4) is 0 Å². The van der Waals surface area contributed by atoms with E-state index in [1.54, 1.807) is 24.3 Å². The van der Waals surface area contributed by atoms with Gasteiger partial charge in [0.15, 0.2) is 0 Å². The quantitative estimate of drug-likeness (QED) is 0.371. The van der Waals surface area contributed by atoms with Gasteiger partial charge in [0.05, 0.1) is 10.8 Å². The van der Waals surface area contributed by atoms with Crippen molar-refractivity contribution in [3.05, 3.63) is 89.5 Å². The lowest BCUT2D eigenvalue weighted by Crippen LogP contribution is -2.36. The number of nitrogens with one attached hydrogen (secondary N) is 1. The van der Waals surface area contributed by atoms with Gasteiger partial charge < -0.3 is 20.3 Å². The van der Waals surface area contributed by atoms with E-state index in [0.717, 1.165) is 22.3 Å². The second-order valence-corrected chi connectivity index (χ2v) is 7.70. The average Bonchev–Trinajstić information content (AvgIpc) is 3.15. The van der Waals surface area contributed by atoms with Crippen LogP contribution in [0.15, 0.2) is 77.8 Å². The minimum atomic E-state index is -1.20. The van der Waals surface area contributed by atoms with Crippen LogP contribution < -0.4 is 5.32 Å². The summed E-state index contributed by atoms with van der Waals surface area (Å²) in [5.41, 5.74) is 5.64. The zero-order valence-corrected chi connectivity index (χ0v) is 18.0. The van der Waals surface area contributed by atoms with Crippen molar-refractivity contribution < 1.29 is 19.7 Å². The number of thiocarbonyl (C=S) groups is 1. The SMILES string of the molecule is O=C(NCC(O)C(O)c1ccc(N=C=S)cc1)OCC1c2ccccc2-c2ccccc21. The molecule has 1 aliphatic rings. The molecular weight excluding hydrogens is 424 g/mol. The number of fused-ring (bicyclic) bond motifs is 3. The monoisotopic (exact) mass is 446 g/mol. The Balaban J connectivity index is 1.32. The third-order valence-corrected chi connectivity index (χ3v) is 5.66. The zero-order chi connectivity index (χ0) is 22.5. The molecule has 0 aromatic heterocycles. The summed E-state index contributed by atoms with van der Waals surface area (Å²) in [6.45, 7) is 0.0258. The maximum atomic E-state index is 12.2. The third-order valence-electron chi connectivity index (χ3n) is 5.57. The fraction of sp³-hybridized carbons (Fsp3) is 0.200. The molecule has 162 valence electrons. The first-order chi connectivity index (χ1) is 15.6. The summed E-state index contributed by atoms with van der Waals surface area (Å²) in [4.78, 5) is 16.1. The Bertz CT molecular complexity index is 1110. The van der Waals surface area contributed by atoms with E-state index < -0.39 is 18.3 Å². The Morgan fingerprint density at radius 3 is 2.19 bits per heavy atom. The summed E-state index contributed by atoms with van der Waals surface area (Å²) in [5.74, 6) is -0.0443. The van der Waals surface area contributed by atoms with Crippen LogP contribution >= 0.6 is 12.2 Å². The predicted molar refractivity (Wildman–Crippen MR) is 125 cm³/mol. The molecule has 0 saturated carbocycles. The van der Waals surface area contributed by atoms with E-state index in [1.165, 1.54) is 0 Å². The van der Waals surface area contributed by atoms with Gasteiger partial charge >= 0.3 is 6.09 Å². The van der Waals surface area contributed by atoms with E-state index >= 15 is 0 Å². The summed E-state index contributed by atoms with van der Waals surface area (Å²) >= 11 is 4.56. The second-order valence-electron chi connectivity index (χ2n) is 7.51. The van der Waals surface area contributed by atoms with Gasteiger partial charge in [0.1, 0.15) is 18.8 Å². The maximum absolute atomic E-state index is 12.2. The molecule has 3 N–H and O–H groups in total. The molecule has 1 aliphatic carbocycles. The number of hydrogen-bond acceptors (Lipinski definition) is 6. The highest BCUT2D eigenvalue weighted by atomic mass is 32.1. The Kier molecular flexibility index (Phi) is 6.73. The molecule has 32 heavy (non-hydrogen) atoms. The van der Waals surface area contributed by atoms with E-state index in [1.807, 2.05) is 36.4 Å². The fourth-order valence-corrected chi connectivity index (χ4v) is 4.08. The fourth-order valence-electron chi connectivity index (χ4n) is 3.97. The van der Waals surface area contributed by atoms with Gasteiger partial charge in [-0.1, -0.05) is 60.7 Å². The van der Waals surface area contributed by atoms with E-state index in [4.69, 9.17) is 4.74 Å². The van der Waals surface area contributed by atoms with E-state index in [9.17, 15) is 15.0 Å². The Morgan fingerprint density at radius 2 is 1.59 bits per heavy atom. The first-order valence-corrected chi connectivity index (χ1v) is 10.6. The Morgan fingerprint density at radius 1 is 1.00 bits per heavy atom. The van der Waals surface area contributed by atoms with Gasteiger partial charge in [0, 0.05) is 12.5 Å². The van der Waals surface area contributed by atoms with Gasteiger partial charge in [0.25, 0.3) is 0 Å². The third kappa shape index (κ3) is 4.61. The molecule has 3 aromatic rings.